The lowest BCUT2D eigenvalue weighted by Gasteiger charge is -2.30. The minimum Gasteiger partial charge on any atom is -0.462 e. The van der Waals surface area contributed by atoms with Gasteiger partial charge < -0.3 is 9.47 Å². The summed E-state index contributed by atoms with van der Waals surface area (Å²) >= 11 is 0. The standard InChI is InChI=1S/C15H28O4/c1-7-9-15(10-8-2,13(16)18-11(3)4)14(17)19-12(5)6/h11-12H,7-10H2,1-6H3. The zero-order chi connectivity index (χ0) is 15.1. The van der Waals surface area contributed by atoms with Crippen LogP contribution in [0.4, 0.5) is 0 Å². The molecule has 0 amide bonds. The Balaban J connectivity index is 5.27. The maximum atomic E-state index is 12.4. The van der Waals surface area contributed by atoms with Gasteiger partial charge in [0.2, 0.25) is 0 Å². The van der Waals surface area contributed by atoms with Gasteiger partial charge in [-0.1, -0.05) is 26.7 Å². The zero-order valence-electron chi connectivity index (χ0n) is 13.1. The molecule has 0 aliphatic carbocycles. The van der Waals surface area contributed by atoms with Gasteiger partial charge in [-0.25, -0.2) is 0 Å². The van der Waals surface area contributed by atoms with Gasteiger partial charge >= 0.3 is 11.9 Å². The largest absolute Gasteiger partial charge is 0.462 e. The molecule has 0 fully saturated rings. The average Bonchev–Trinajstić information content (AvgIpc) is 2.26. The minimum absolute atomic E-state index is 0.229. The number of esters is 2. The summed E-state index contributed by atoms with van der Waals surface area (Å²) in [6.45, 7) is 11.1. The van der Waals surface area contributed by atoms with Gasteiger partial charge in [0.15, 0.2) is 5.41 Å². The smallest absolute Gasteiger partial charge is 0.323 e. The second-order valence-electron chi connectivity index (χ2n) is 5.49. The van der Waals surface area contributed by atoms with E-state index in [1.54, 1.807) is 27.7 Å². The Labute approximate surface area is 116 Å². The van der Waals surface area contributed by atoms with E-state index in [4.69, 9.17) is 9.47 Å². The van der Waals surface area contributed by atoms with E-state index < -0.39 is 17.4 Å². The normalized spacial score (nSPS) is 11.8. The molecule has 0 aromatic carbocycles. The second kappa shape index (κ2) is 8.18. The first-order valence-electron chi connectivity index (χ1n) is 7.22. The first-order valence-corrected chi connectivity index (χ1v) is 7.22. The van der Waals surface area contributed by atoms with Crippen LogP contribution in [0.2, 0.25) is 0 Å². The molecule has 0 spiro atoms. The summed E-state index contributed by atoms with van der Waals surface area (Å²) in [5.74, 6) is -0.895. The molecule has 0 saturated carbocycles. The lowest BCUT2D eigenvalue weighted by molar-refractivity contribution is -0.178. The van der Waals surface area contributed by atoms with Crippen LogP contribution in [0.25, 0.3) is 0 Å². The highest BCUT2D eigenvalue weighted by Gasteiger charge is 2.47. The van der Waals surface area contributed by atoms with Gasteiger partial charge in [0.25, 0.3) is 0 Å². The molecular weight excluding hydrogens is 244 g/mol. The highest BCUT2D eigenvalue weighted by atomic mass is 16.6. The van der Waals surface area contributed by atoms with E-state index in [1.165, 1.54) is 0 Å². The van der Waals surface area contributed by atoms with E-state index in [0.29, 0.717) is 12.8 Å². The molecule has 4 heteroatoms. The third-order valence-electron chi connectivity index (χ3n) is 2.82. The molecule has 112 valence electrons. The summed E-state index contributed by atoms with van der Waals surface area (Å²) in [5.41, 5.74) is -1.14. The number of carbonyl (C=O) groups excluding carboxylic acids is 2. The first kappa shape index (κ1) is 17.9. The van der Waals surface area contributed by atoms with Crippen molar-refractivity contribution in [3.63, 3.8) is 0 Å². The molecule has 0 heterocycles. The van der Waals surface area contributed by atoms with E-state index in [1.807, 2.05) is 13.8 Å². The quantitative estimate of drug-likeness (QED) is 0.501. The minimum atomic E-state index is -1.14. The van der Waals surface area contributed by atoms with Gasteiger partial charge in [0.05, 0.1) is 12.2 Å². The van der Waals surface area contributed by atoms with Crippen molar-refractivity contribution < 1.29 is 19.1 Å². The molecule has 0 radical (unpaired) electrons. The Kier molecular flexibility index (Phi) is 7.72. The molecule has 0 aromatic rings. The summed E-state index contributed by atoms with van der Waals surface area (Å²) in [6.07, 6.45) is 1.95. The van der Waals surface area contributed by atoms with Crippen LogP contribution >= 0.6 is 0 Å². The predicted molar refractivity (Wildman–Crippen MR) is 74.7 cm³/mol. The monoisotopic (exact) mass is 272 g/mol. The Bertz CT molecular complexity index is 265. The van der Waals surface area contributed by atoms with Crippen molar-refractivity contribution in [1.29, 1.82) is 0 Å². The van der Waals surface area contributed by atoms with Crippen LogP contribution in [0.1, 0.15) is 67.2 Å². The maximum absolute atomic E-state index is 12.4. The van der Waals surface area contributed by atoms with Gasteiger partial charge in [-0.2, -0.15) is 0 Å². The van der Waals surface area contributed by atoms with E-state index in [0.717, 1.165) is 12.8 Å². The SMILES string of the molecule is CCCC(CCC)(C(=O)OC(C)C)C(=O)OC(C)C. The molecule has 0 unspecified atom stereocenters. The first-order chi connectivity index (χ1) is 8.80. The molecular formula is C15H28O4. The second-order valence-corrected chi connectivity index (χ2v) is 5.49. The third-order valence-corrected chi connectivity index (χ3v) is 2.82. The average molecular weight is 272 g/mol. The van der Waals surface area contributed by atoms with Crippen LogP contribution < -0.4 is 0 Å². The summed E-state index contributed by atoms with van der Waals surface area (Å²) < 4.78 is 10.6. The van der Waals surface area contributed by atoms with Crippen LogP contribution in [0, 0.1) is 5.41 Å². The van der Waals surface area contributed by atoms with Crippen molar-refractivity contribution in [3.8, 4) is 0 Å². The Morgan fingerprint density at radius 2 is 1.16 bits per heavy atom. The topological polar surface area (TPSA) is 52.6 Å². The molecule has 0 aromatic heterocycles. The van der Waals surface area contributed by atoms with Gasteiger partial charge in [0.1, 0.15) is 0 Å². The molecule has 0 saturated heterocycles. The van der Waals surface area contributed by atoms with Crippen LogP contribution in [0.15, 0.2) is 0 Å². The number of rotatable bonds is 8. The molecule has 4 nitrogen and oxygen atoms in total. The maximum Gasteiger partial charge on any atom is 0.323 e. The lowest BCUT2D eigenvalue weighted by Crippen LogP contribution is -2.43. The molecule has 0 aliphatic heterocycles. The van der Waals surface area contributed by atoms with Crippen molar-refractivity contribution >= 4 is 11.9 Å². The zero-order valence-corrected chi connectivity index (χ0v) is 13.1. The highest BCUT2D eigenvalue weighted by Crippen LogP contribution is 2.34. The van der Waals surface area contributed by atoms with E-state index in [2.05, 4.69) is 0 Å². The Morgan fingerprint density at radius 3 is 1.37 bits per heavy atom. The molecule has 0 bridgehead atoms. The fourth-order valence-corrected chi connectivity index (χ4v) is 2.12. The number of hydrogen-bond acceptors (Lipinski definition) is 4. The van der Waals surface area contributed by atoms with Crippen LogP contribution in [0.3, 0.4) is 0 Å². The van der Waals surface area contributed by atoms with Crippen LogP contribution in [-0.4, -0.2) is 24.1 Å². The van der Waals surface area contributed by atoms with E-state index in [-0.39, 0.29) is 12.2 Å². The lowest BCUT2D eigenvalue weighted by atomic mass is 9.79. The molecule has 0 atom stereocenters. The fourth-order valence-electron chi connectivity index (χ4n) is 2.12. The molecule has 0 rings (SSSR count). The summed E-state index contributed by atoms with van der Waals surface area (Å²) in [5, 5.41) is 0. The van der Waals surface area contributed by atoms with Crippen LogP contribution in [-0.2, 0) is 19.1 Å². The summed E-state index contributed by atoms with van der Waals surface area (Å²) in [7, 11) is 0. The van der Waals surface area contributed by atoms with Crippen LogP contribution in [0.5, 0.6) is 0 Å². The summed E-state index contributed by atoms with van der Waals surface area (Å²) in [6, 6.07) is 0. The van der Waals surface area contributed by atoms with Crippen molar-refractivity contribution in [3.05, 3.63) is 0 Å². The number of ether oxygens (including phenoxy) is 2. The number of hydrogen-bond donors (Lipinski definition) is 0. The van der Waals surface area contributed by atoms with E-state index in [9.17, 15) is 9.59 Å². The molecule has 0 N–H and O–H groups in total. The van der Waals surface area contributed by atoms with E-state index >= 15 is 0 Å². The fraction of sp³-hybridized carbons (Fsp3) is 0.867. The molecule has 19 heavy (non-hydrogen) atoms. The Hall–Kier alpha value is -1.06. The highest BCUT2D eigenvalue weighted by molar-refractivity contribution is 6.00. The Morgan fingerprint density at radius 1 is 0.842 bits per heavy atom. The summed E-state index contributed by atoms with van der Waals surface area (Å²) in [4.78, 5) is 24.7. The van der Waals surface area contributed by atoms with Crippen molar-refractivity contribution in [2.75, 3.05) is 0 Å². The predicted octanol–water partition coefficient (Wildman–Crippen LogP) is 3.48. The van der Waals surface area contributed by atoms with Crippen molar-refractivity contribution in [2.45, 2.75) is 79.4 Å². The van der Waals surface area contributed by atoms with Crippen molar-refractivity contribution in [1.82, 2.24) is 0 Å². The van der Waals surface area contributed by atoms with Crippen molar-refractivity contribution in [2.24, 2.45) is 5.41 Å². The van der Waals surface area contributed by atoms with Gasteiger partial charge in [-0.3, -0.25) is 9.59 Å². The van der Waals surface area contributed by atoms with Gasteiger partial charge in [-0.05, 0) is 40.5 Å². The third kappa shape index (κ3) is 5.21. The van der Waals surface area contributed by atoms with Gasteiger partial charge in [0, 0.05) is 0 Å². The molecule has 0 aliphatic rings. The van der Waals surface area contributed by atoms with Gasteiger partial charge in [-0.15, -0.1) is 0 Å². The number of carbonyl (C=O) groups is 2.